The second-order valence-electron chi connectivity index (χ2n) is 11.9. The number of carbonyl (C=O) groups is 4. The maximum Gasteiger partial charge on any atom is 0.338 e. The predicted molar refractivity (Wildman–Crippen MR) is 199 cm³/mol. The number of anilines is 2. The molecule has 4 N–H and O–H groups in total. The first-order valence-electron chi connectivity index (χ1n) is 16.1. The monoisotopic (exact) mass is 770 g/mol. The first-order chi connectivity index (χ1) is 25.7. The molecule has 0 bridgehead atoms. The number of hydrogen-bond acceptors (Lipinski definition) is 10. The smallest absolute Gasteiger partial charge is 0.338 e. The molecule has 0 spiro atoms. The van der Waals surface area contributed by atoms with Crippen molar-refractivity contribution in [3.8, 4) is 0 Å². The molecule has 5 aromatic rings. The third-order valence-corrected chi connectivity index (χ3v) is 10.3. The lowest BCUT2D eigenvalue weighted by Gasteiger charge is -2.10. The van der Waals surface area contributed by atoms with Crippen LogP contribution in [0, 0.1) is 13.8 Å². The number of urea groups is 2. The summed E-state index contributed by atoms with van der Waals surface area (Å²) in [6, 6.07) is 28.3. The zero-order valence-electron chi connectivity index (χ0n) is 28.9. The fourth-order valence-electron chi connectivity index (χ4n) is 4.69. The zero-order valence-corrected chi connectivity index (χ0v) is 30.5. The first kappa shape index (κ1) is 38.7. The number of rotatable bonds is 12. The lowest BCUT2D eigenvalue weighted by atomic mass is 10.1. The van der Waals surface area contributed by atoms with Gasteiger partial charge in [0.05, 0.1) is 20.9 Å². The van der Waals surface area contributed by atoms with Gasteiger partial charge in [-0.2, -0.15) is 0 Å². The molecule has 278 valence electrons. The minimum Gasteiger partial charge on any atom is -0.457 e. The van der Waals surface area contributed by atoms with Crippen molar-refractivity contribution in [2.75, 3.05) is 10.6 Å². The van der Waals surface area contributed by atoms with Crippen LogP contribution in [0.3, 0.4) is 0 Å². The van der Waals surface area contributed by atoms with Crippen molar-refractivity contribution in [2.24, 2.45) is 0 Å². The van der Waals surface area contributed by atoms with Crippen LogP contribution in [0.1, 0.15) is 43.0 Å². The van der Waals surface area contributed by atoms with Crippen molar-refractivity contribution < 1.29 is 45.5 Å². The third kappa shape index (κ3) is 10.8. The largest absolute Gasteiger partial charge is 0.457 e. The first-order valence-corrected chi connectivity index (χ1v) is 19.1. The van der Waals surface area contributed by atoms with Crippen LogP contribution in [0.5, 0.6) is 0 Å². The van der Waals surface area contributed by atoms with Crippen LogP contribution in [-0.4, -0.2) is 40.8 Å². The topological polar surface area (TPSA) is 203 Å². The van der Waals surface area contributed by atoms with Gasteiger partial charge >= 0.3 is 24.0 Å². The van der Waals surface area contributed by atoms with E-state index in [1.54, 1.807) is 48.5 Å². The number of ether oxygens (including phenoxy) is 2. The molecule has 54 heavy (non-hydrogen) atoms. The highest BCUT2D eigenvalue weighted by molar-refractivity contribution is 7.90. The van der Waals surface area contributed by atoms with E-state index in [0.29, 0.717) is 11.1 Å². The van der Waals surface area contributed by atoms with Gasteiger partial charge in [0, 0.05) is 11.4 Å². The van der Waals surface area contributed by atoms with E-state index in [1.165, 1.54) is 72.8 Å². The highest BCUT2D eigenvalue weighted by Gasteiger charge is 2.19. The van der Waals surface area contributed by atoms with Gasteiger partial charge in [0.15, 0.2) is 0 Å². The predicted octanol–water partition coefficient (Wildman–Crippen LogP) is 6.04. The van der Waals surface area contributed by atoms with Crippen LogP contribution < -0.4 is 20.1 Å². The van der Waals surface area contributed by atoms with Crippen LogP contribution in [0.2, 0.25) is 0 Å². The number of amides is 4. The molecule has 0 aliphatic heterocycles. The Morgan fingerprint density at radius 1 is 0.463 bits per heavy atom. The van der Waals surface area contributed by atoms with E-state index in [1.807, 2.05) is 23.3 Å². The van der Waals surface area contributed by atoms with Crippen molar-refractivity contribution in [2.45, 2.75) is 36.9 Å². The summed E-state index contributed by atoms with van der Waals surface area (Å²) < 4.78 is 64.3. The second kappa shape index (κ2) is 16.9. The van der Waals surface area contributed by atoms with Crippen LogP contribution in [0.15, 0.2) is 131 Å². The van der Waals surface area contributed by atoms with E-state index >= 15 is 0 Å². The highest BCUT2D eigenvalue weighted by Crippen LogP contribution is 2.16. The molecule has 0 saturated heterocycles. The molecule has 0 unspecified atom stereocenters. The van der Waals surface area contributed by atoms with Gasteiger partial charge in [0.25, 0.3) is 20.0 Å². The molecule has 0 aromatic heterocycles. The summed E-state index contributed by atoms with van der Waals surface area (Å²) in [5.41, 5.74) is 3.98. The van der Waals surface area contributed by atoms with Gasteiger partial charge in [-0.1, -0.05) is 59.7 Å². The molecular weight excluding hydrogens is 737 g/mol. The van der Waals surface area contributed by atoms with E-state index in [4.69, 9.17) is 9.47 Å². The highest BCUT2D eigenvalue weighted by atomic mass is 32.2. The molecule has 0 heterocycles. The Bertz CT molecular complexity index is 2200. The average molecular weight is 771 g/mol. The molecule has 0 aliphatic carbocycles. The maximum atomic E-state index is 12.6. The maximum absolute atomic E-state index is 12.6. The summed E-state index contributed by atoms with van der Waals surface area (Å²) in [6.07, 6.45) is 0. The molecule has 0 radical (unpaired) electrons. The molecule has 5 aromatic carbocycles. The molecule has 0 aliphatic rings. The van der Waals surface area contributed by atoms with Crippen molar-refractivity contribution in [1.82, 2.24) is 9.44 Å². The average Bonchev–Trinajstić information content (AvgIpc) is 3.13. The number of benzene rings is 5. The Kier molecular flexibility index (Phi) is 12.1. The summed E-state index contributed by atoms with van der Waals surface area (Å²) >= 11 is 0. The normalized spacial score (nSPS) is 11.1. The van der Waals surface area contributed by atoms with Crippen molar-refractivity contribution in [1.29, 1.82) is 0 Å². The Morgan fingerprint density at radius 2 is 0.778 bits per heavy atom. The molecule has 4 amide bonds. The van der Waals surface area contributed by atoms with E-state index in [0.717, 1.165) is 11.1 Å². The van der Waals surface area contributed by atoms with Gasteiger partial charge in [0.2, 0.25) is 0 Å². The Hall–Kier alpha value is -6.52. The quantitative estimate of drug-likeness (QED) is 0.108. The van der Waals surface area contributed by atoms with Crippen molar-refractivity contribution in [3.05, 3.63) is 155 Å². The number of hydrogen-bond donors (Lipinski definition) is 4. The van der Waals surface area contributed by atoms with Gasteiger partial charge in [-0.05, 0) is 97.8 Å². The van der Waals surface area contributed by atoms with Gasteiger partial charge in [-0.15, -0.1) is 0 Å². The van der Waals surface area contributed by atoms with Gasteiger partial charge in [-0.3, -0.25) is 0 Å². The Morgan fingerprint density at radius 3 is 1.09 bits per heavy atom. The minimum atomic E-state index is -4.07. The van der Waals surface area contributed by atoms with E-state index in [-0.39, 0.29) is 45.5 Å². The Balaban J connectivity index is 1.03. The number of esters is 2. The zero-order chi connectivity index (χ0) is 38.9. The summed E-state index contributed by atoms with van der Waals surface area (Å²) in [5.74, 6) is -1.25. The van der Waals surface area contributed by atoms with E-state index in [2.05, 4.69) is 10.6 Å². The molecule has 0 fully saturated rings. The number of carbonyl (C=O) groups excluding carboxylic acids is 4. The lowest BCUT2D eigenvalue weighted by Crippen LogP contribution is -2.34. The minimum absolute atomic E-state index is 0.0472. The summed E-state index contributed by atoms with van der Waals surface area (Å²) in [5, 5.41) is 4.82. The van der Waals surface area contributed by atoms with Crippen molar-refractivity contribution >= 4 is 55.4 Å². The SMILES string of the molecule is Cc1ccc(S(=O)(=O)NC(=O)Nc2ccc(C(=O)OCc3ccc(COC(=O)c4ccc(NC(=O)NS(=O)(=O)c5ccc(C)cc5)cc4)cc3)cc2)cc1. The molecule has 0 saturated carbocycles. The standard InChI is InChI=1S/C38H34N4O10S2/c1-25-3-19-33(20-4-25)53(47,48)41-37(45)39-31-15-11-29(12-16-31)35(43)51-23-27-7-9-28(10-8-27)24-52-36(44)30-13-17-32(18-14-30)40-38(46)42-54(49,50)34-21-5-26(2)6-22-34/h3-22H,23-24H2,1-2H3,(H2,39,41,45)(H2,40,42,46). The van der Waals surface area contributed by atoms with Crippen LogP contribution in [-0.2, 0) is 42.7 Å². The third-order valence-electron chi connectivity index (χ3n) is 7.64. The van der Waals surface area contributed by atoms with Gasteiger partial charge < -0.3 is 20.1 Å². The number of nitrogens with one attached hydrogen (secondary N) is 4. The molecular formula is C38H34N4O10S2. The van der Waals surface area contributed by atoms with Gasteiger partial charge in [-0.25, -0.2) is 45.5 Å². The number of aryl methyl sites for hydroxylation is 2. The van der Waals surface area contributed by atoms with Crippen LogP contribution in [0.25, 0.3) is 0 Å². The molecule has 5 rings (SSSR count). The van der Waals surface area contributed by atoms with E-state index < -0.39 is 44.0 Å². The number of sulfonamides is 2. The molecule has 16 heteroatoms. The Labute approximate surface area is 311 Å². The fourth-order valence-corrected chi connectivity index (χ4v) is 6.50. The van der Waals surface area contributed by atoms with Crippen molar-refractivity contribution in [3.63, 3.8) is 0 Å². The molecule has 0 atom stereocenters. The second-order valence-corrected chi connectivity index (χ2v) is 15.2. The summed E-state index contributed by atoms with van der Waals surface area (Å²) in [4.78, 5) is 49.6. The lowest BCUT2D eigenvalue weighted by molar-refractivity contribution is 0.0460. The summed E-state index contributed by atoms with van der Waals surface area (Å²) in [7, 11) is -8.14. The van der Waals surface area contributed by atoms with Crippen LogP contribution in [0.4, 0.5) is 21.0 Å². The van der Waals surface area contributed by atoms with Gasteiger partial charge in [0.1, 0.15) is 13.2 Å². The summed E-state index contributed by atoms with van der Waals surface area (Å²) in [6.45, 7) is 3.52. The fraction of sp³-hybridized carbons (Fsp3) is 0.105. The van der Waals surface area contributed by atoms with Crippen LogP contribution >= 0.6 is 0 Å². The van der Waals surface area contributed by atoms with E-state index in [9.17, 15) is 36.0 Å². The molecule has 14 nitrogen and oxygen atoms in total.